The van der Waals surface area contributed by atoms with Gasteiger partial charge in [-0.15, -0.1) is 0 Å². The predicted octanol–water partition coefficient (Wildman–Crippen LogP) is 3.46. The van der Waals surface area contributed by atoms with E-state index in [2.05, 4.69) is 4.98 Å². The SMILES string of the molecule is O=S(=O)(/C=C/c1ccccc1)N1[C@H]2CC[C@H]1CC(Oc1cccnc1)C2. The van der Waals surface area contributed by atoms with Crippen LogP contribution in [0.2, 0.25) is 0 Å². The van der Waals surface area contributed by atoms with Gasteiger partial charge in [0.25, 0.3) is 0 Å². The maximum absolute atomic E-state index is 12.9. The van der Waals surface area contributed by atoms with Gasteiger partial charge >= 0.3 is 0 Å². The fraction of sp³-hybridized carbons (Fsp3) is 0.350. The van der Waals surface area contributed by atoms with Crippen LogP contribution in [0, 0.1) is 0 Å². The van der Waals surface area contributed by atoms with Crippen LogP contribution in [0.1, 0.15) is 31.2 Å². The number of benzene rings is 1. The molecule has 2 aromatic rings. The van der Waals surface area contributed by atoms with Crippen molar-refractivity contribution >= 4 is 16.1 Å². The van der Waals surface area contributed by atoms with Crippen LogP contribution < -0.4 is 4.74 Å². The van der Waals surface area contributed by atoms with E-state index in [1.807, 2.05) is 42.5 Å². The maximum Gasteiger partial charge on any atom is 0.236 e. The number of piperidine rings is 1. The van der Waals surface area contributed by atoms with Crippen molar-refractivity contribution < 1.29 is 13.2 Å². The lowest BCUT2D eigenvalue weighted by atomic mass is 10.0. The third-order valence-electron chi connectivity index (χ3n) is 5.09. The fourth-order valence-corrected chi connectivity index (χ4v) is 5.69. The minimum atomic E-state index is -3.43. The van der Waals surface area contributed by atoms with E-state index >= 15 is 0 Å². The predicted molar refractivity (Wildman–Crippen MR) is 101 cm³/mol. The van der Waals surface area contributed by atoms with E-state index in [4.69, 9.17) is 4.74 Å². The number of ether oxygens (including phenoxy) is 1. The van der Waals surface area contributed by atoms with Gasteiger partial charge in [-0.1, -0.05) is 30.3 Å². The third kappa shape index (κ3) is 3.66. The van der Waals surface area contributed by atoms with Crippen LogP contribution in [-0.2, 0) is 10.0 Å². The first-order valence-corrected chi connectivity index (χ1v) is 10.5. The molecule has 136 valence electrons. The van der Waals surface area contributed by atoms with Gasteiger partial charge in [-0.05, 0) is 36.6 Å². The summed E-state index contributed by atoms with van der Waals surface area (Å²) in [5.74, 6) is 0.747. The Hall–Kier alpha value is -2.18. The summed E-state index contributed by atoms with van der Waals surface area (Å²) >= 11 is 0. The lowest BCUT2D eigenvalue weighted by Gasteiger charge is -2.37. The molecular formula is C20H22N2O3S. The summed E-state index contributed by atoms with van der Waals surface area (Å²) in [6, 6.07) is 13.3. The fourth-order valence-electron chi connectivity index (χ4n) is 4.00. The van der Waals surface area contributed by atoms with Gasteiger partial charge in [0.1, 0.15) is 11.9 Å². The molecule has 2 aliphatic heterocycles. The van der Waals surface area contributed by atoms with Crippen LogP contribution in [0.5, 0.6) is 5.75 Å². The van der Waals surface area contributed by atoms with Crippen molar-refractivity contribution in [3.63, 3.8) is 0 Å². The smallest absolute Gasteiger partial charge is 0.236 e. The molecule has 5 nitrogen and oxygen atoms in total. The van der Waals surface area contributed by atoms with Crippen molar-refractivity contribution in [2.45, 2.75) is 43.9 Å². The van der Waals surface area contributed by atoms with Gasteiger partial charge in [0.2, 0.25) is 10.0 Å². The zero-order valence-corrected chi connectivity index (χ0v) is 15.3. The molecule has 2 aliphatic rings. The van der Waals surface area contributed by atoms with E-state index in [0.717, 1.165) is 37.0 Å². The molecule has 2 saturated heterocycles. The Labute approximate surface area is 154 Å². The highest BCUT2D eigenvalue weighted by Crippen LogP contribution is 2.39. The standard InChI is InChI=1S/C20H22N2O3S/c23-26(24,12-10-16-5-2-1-3-6-16)22-17-8-9-18(22)14-20(13-17)25-19-7-4-11-21-15-19/h1-7,10-12,15,17-18,20H,8-9,13-14H2/b12-10+/t17-,18-/m0/s1. The molecule has 0 saturated carbocycles. The van der Waals surface area contributed by atoms with Gasteiger partial charge < -0.3 is 4.74 Å². The van der Waals surface area contributed by atoms with Crippen molar-refractivity contribution in [3.05, 3.63) is 65.8 Å². The monoisotopic (exact) mass is 370 g/mol. The molecule has 26 heavy (non-hydrogen) atoms. The summed E-state index contributed by atoms with van der Waals surface area (Å²) in [6.07, 6.45) is 8.38. The van der Waals surface area contributed by atoms with Crippen molar-refractivity contribution in [3.8, 4) is 5.75 Å². The number of pyridine rings is 1. The number of nitrogens with zero attached hydrogens (tertiary/aromatic N) is 2. The lowest BCUT2D eigenvalue weighted by molar-refractivity contribution is 0.0960. The molecule has 3 heterocycles. The molecule has 6 heteroatoms. The third-order valence-corrected chi connectivity index (χ3v) is 6.75. The number of hydrogen-bond donors (Lipinski definition) is 0. The average molecular weight is 370 g/mol. The number of hydrogen-bond acceptors (Lipinski definition) is 4. The van der Waals surface area contributed by atoms with Gasteiger partial charge in [0.15, 0.2) is 0 Å². The topological polar surface area (TPSA) is 59.5 Å². The number of aromatic nitrogens is 1. The first kappa shape index (κ1) is 17.2. The van der Waals surface area contributed by atoms with E-state index in [9.17, 15) is 8.42 Å². The van der Waals surface area contributed by atoms with Gasteiger partial charge in [0, 0.05) is 36.5 Å². The van der Waals surface area contributed by atoms with E-state index in [-0.39, 0.29) is 18.2 Å². The van der Waals surface area contributed by atoms with Crippen LogP contribution in [0.3, 0.4) is 0 Å². The Bertz CT molecular complexity index is 854. The summed E-state index contributed by atoms with van der Waals surface area (Å²) in [6.45, 7) is 0. The Morgan fingerprint density at radius 2 is 1.77 bits per heavy atom. The summed E-state index contributed by atoms with van der Waals surface area (Å²) in [5, 5.41) is 1.34. The summed E-state index contributed by atoms with van der Waals surface area (Å²) < 4.78 is 33.5. The number of fused-ring (bicyclic) bond motifs is 2. The van der Waals surface area contributed by atoms with Crippen molar-refractivity contribution in [2.24, 2.45) is 0 Å². The zero-order valence-electron chi connectivity index (χ0n) is 14.4. The Morgan fingerprint density at radius 1 is 1.04 bits per heavy atom. The van der Waals surface area contributed by atoms with Gasteiger partial charge in [-0.3, -0.25) is 4.98 Å². The zero-order chi connectivity index (χ0) is 18.0. The lowest BCUT2D eigenvalue weighted by Crippen LogP contribution is -2.48. The second-order valence-corrected chi connectivity index (χ2v) is 8.60. The molecule has 0 N–H and O–H groups in total. The highest BCUT2D eigenvalue weighted by atomic mass is 32.2. The second kappa shape index (κ2) is 7.21. The van der Waals surface area contributed by atoms with E-state index < -0.39 is 10.0 Å². The van der Waals surface area contributed by atoms with Crippen LogP contribution >= 0.6 is 0 Å². The van der Waals surface area contributed by atoms with E-state index in [1.54, 1.807) is 22.8 Å². The molecule has 2 bridgehead atoms. The van der Waals surface area contributed by atoms with E-state index in [0.29, 0.717) is 0 Å². The average Bonchev–Trinajstić information content (AvgIpc) is 2.94. The van der Waals surface area contributed by atoms with Gasteiger partial charge in [-0.2, -0.15) is 4.31 Å². The summed E-state index contributed by atoms with van der Waals surface area (Å²) in [4.78, 5) is 4.07. The number of sulfonamides is 1. The molecule has 0 amide bonds. The van der Waals surface area contributed by atoms with Crippen LogP contribution in [0.25, 0.3) is 6.08 Å². The minimum Gasteiger partial charge on any atom is -0.489 e. The largest absolute Gasteiger partial charge is 0.489 e. The first-order chi connectivity index (χ1) is 12.6. The normalized spacial score (nSPS) is 26.2. The second-order valence-electron chi connectivity index (χ2n) is 6.87. The molecule has 1 aromatic carbocycles. The summed E-state index contributed by atoms with van der Waals surface area (Å²) in [7, 11) is -3.43. The number of rotatable bonds is 5. The summed E-state index contributed by atoms with van der Waals surface area (Å²) in [5.41, 5.74) is 0.887. The molecule has 0 unspecified atom stereocenters. The molecular weight excluding hydrogens is 348 g/mol. The quantitative estimate of drug-likeness (QED) is 0.809. The molecule has 0 radical (unpaired) electrons. The van der Waals surface area contributed by atoms with Gasteiger partial charge in [0.05, 0.1) is 6.20 Å². The minimum absolute atomic E-state index is 0.0147. The maximum atomic E-state index is 12.9. The van der Waals surface area contributed by atoms with E-state index in [1.165, 1.54) is 5.41 Å². The molecule has 4 rings (SSSR count). The molecule has 2 fully saturated rings. The molecule has 2 atom stereocenters. The van der Waals surface area contributed by atoms with Crippen LogP contribution in [0.15, 0.2) is 60.3 Å². The van der Waals surface area contributed by atoms with Crippen LogP contribution in [0.4, 0.5) is 0 Å². The first-order valence-electron chi connectivity index (χ1n) is 8.95. The van der Waals surface area contributed by atoms with Crippen molar-refractivity contribution in [2.75, 3.05) is 0 Å². The van der Waals surface area contributed by atoms with Gasteiger partial charge in [-0.25, -0.2) is 8.42 Å². The Kier molecular flexibility index (Phi) is 4.78. The van der Waals surface area contributed by atoms with Crippen molar-refractivity contribution in [1.82, 2.24) is 9.29 Å². The highest BCUT2D eigenvalue weighted by molar-refractivity contribution is 7.92. The Balaban J connectivity index is 1.46. The molecule has 0 spiro atoms. The Morgan fingerprint density at radius 3 is 2.42 bits per heavy atom. The van der Waals surface area contributed by atoms with Crippen LogP contribution in [-0.4, -0.2) is 35.9 Å². The molecule has 1 aromatic heterocycles. The molecule has 0 aliphatic carbocycles. The highest BCUT2D eigenvalue weighted by Gasteiger charge is 2.46. The van der Waals surface area contributed by atoms with Crippen molar-refractivity contribution in [1.29, 1.82) is 0 Å².